The number of para-hydroxylation sites is 1. The monoisotopic (exact) mass is 428 g/mol. The Bertz CT molecular complexity index is 1060. The maximum Gasteiger partial charge on any atom is 0.417 e. The Labute approximate surface area is 164 Å². The highest BCUT2D eigenvalue weighted by Crippen LogP contribution is 2.42. The number of hydrogen-bond acceptors (Lipinski definition) is 5. The van der Waals surface area contributed by atoms with Crippen LogP contribution in [-0.4, -0.2) is 38.9 Å². The maximum absolute atomic E-state index is 13.5. The summed E-state index contributed by atoms with van der Waals surface area (Å²) >= 11 is 0. The topological polar surface area (TPSA) is 92.8 Å². The summed E-state index contributed by atoms with van der Waals surface area (Å²) in [6.07, 6.45) is -5.01. The van der Waals surface area contributed by atoms with Gasteiger partial charge in [0.15, 0.2) is 0 Å². The van der Waals surface area contributed by atoms with Gasteiger partial charge in [0, 0.05) is 5.69 Å². The van der Waals surface area contributed by atoms with E-state index in [0.717, 1.165) is 25.3 Å². The molecule has 11 heteroatoms. The molecule has 1 N–H and O–H groups in total. The quantitative estimate of drug-likeness (QED) is 0.756. The predicted octanol–water partition coefficient (Wildman–Crippen LogP) is 2.58. The molecule has 0 aliphatic carbocycles. The number of anilines is 1. The van der Waals surface area contributed by atoms with E-state index in [2.05, 4.69) is 10.1 Å². The third-order valence-corrected chi connectivity index (χ3v) is 6.81. The zero-order chi connectivity index (χ0) is 21.4. The van der Waals surface area contributed by atoms with E-state index in [0.29, 0.717) is 11.0 Å². The van der Waals surface area contributed by atoms with Crippen LogP contribution in [0.25, 0.3) is 0 Å². The van der Waals surface area contributed by atoms with E-state index in [1.165, 1.54) is 24.3 Å². The van der Waals surface area contributed by atoms with E-state index < -0.39 is 49.9 Å². The number of esters is 1. The third kappa shape index (κ3) is 3.11. The molecule has 2 amide bonds. The summed E-state index contributed by atoms with van der Waals surface area (Å²) < 4.78 is 72.2. The summed E-state index contributed by atoms with van der Waals surface area (Å²) in [6.45, 7) is -0.790. The summed E-state index contributed by atoms with van der Waals surface area (Å²) in [5, 5.41) is 2.23. The summed E-state index contributed by atoms with van der Waals surface area (Å²) in [6, 6.07) is 9.77. The standard InChI is InChI=1S/C18H15F3N2O5S/c1-28-15(24)17(11-22-16(25)23(17)12-7-3-2-4-8-12)29(26,27)14-10-6-5-9-13(14)18(19,20)21/h2-10H,11H2,1H3,(H,22,25). The lowest BCUT2D eigenvalue weighted by Crippen LogP contribution is -2.60. The molecule has 1 atom stereocenters. The van der Waals surface area contributed by atoms with Gasteiger partial charge in [0.1, 0.15) is 0 Å². The van der Waals surface area contributed by atoms with Crippen LogP contribution in [0.3, 0.4) is 0 Å². The molecule has 2 aromatic rings. The molecule has 1 unspecified atom stereocenters. The van der Waals surface area contributed by atoms with E-state index in [-0.39, 0.29) is 5.69 Å². The molecule has 29 heavy (non-hydrogen) atoms. The lowest BCUT2D eigenvalue weighted by atomic mass is 10.2. The molecule has 1 fully saturated rings. The van der Waals surface area contributed by atoms with Gasteiger partial charge in [-0.1, -0.05) is 30.3 Å². The van der Waals surface area contributed by atoms with Crippen molar-refractivity contribution in [1.29, 1.82) is 0 Å². The highest BCUT2D eigenvalue weighted by atomic mass is 32.2. The molecule has 0 aromatic heterocycles. The first-order chi connectivity index (χ1) is 13.6. The van der Waals surface area contributed by atoms with Crippen LogP contribution in [0.15, 0.2) is 59.5 Å². The van der Waals surface area contributed by atoms with Crippen LogP contribution in [0.5, 0.6) is 0 Å². The van der Waals surface area contributed by atoms with Crippen molar-refractivity contribution < 1.29 is 35.9 Å². The third-order valence-electron chi connectivity index (χ3n) is 4.49. The number of carbonyl (C=O) groups is 2. The first-order valence-corrected chi connectivity index (χ1v) is 9.68. The lowest BCUT2D eigenvalue weighted by Gasteiger charge is -2.34. The molecular formula is C18H15F3N2O5S. The normalized spacial score (nSPS) is 19.7. The summed E-state index contributed by atoms with van der Waals surface area (Å²) in [4.78, 5) is 21.9. The minimum Gasteiger partial charge on any atom is -0.466 e. The van der Waals surface area contributed by atoms with Crippen LogP contribution in [-0.2, 0) is 25.5 Å². The lowest BCUT2D eigenvalue weighted by molar-refractivity contribution is -0.143. The molecule has 3 rings (SSSR count). The van der Waals surface area contributed by atoms with Gasteiger partial charge >= 0.3 is 18.2 Å². The van der Waals surface area contributed by atoms with Crippen molar-refractivity contribution in [2.24, 2.45) is 0 Å². The Morgan fingerprint density at radius 3 is 2.28 bits per heavy atom. The van der Waals surface area contributed by atoms with Crippen LogP contribution < -0.4 is 10.2 Å². The average molecular weight is 428 g/mol. The van der Waals surface area contributed by atoms with E-state index in [4.69, 9.17) is 0 Å². The number of amides is 2. The van der Waals surface area contributed by atoms with Crippen molar-refractivity contribution >= 4 is 27.5 Å². The van der Waals surface area contributed by atoms with Crippen LogP contribution in [0.4, 0.5) is 23.7 Å². The Kier molecular flexibility index (Phi) is 5.03. The minimum absolute atomic E-state index is 0.000893. The number of nitrogens with zero attached hydrogens (tertiary/aromatic N) is 1. The fraction of sp³-hybridized carbons (Fsp3) is 0.222. The van der Waals surface area contributed by atoms with Gasteiger partial charge in [-0.15, -0.1) is 0 Å². The van der Waals surface area contributed by atoms with Gasteiger partial charge in [-0.3, -0.25) is 4.90 Å². The Hall–Kier alpha value is -3.08. The second-order valence-corrected chi connectivity index (χ2v) is 8.23. The molecule has 0 spiro atoms. The van der Waals surface area contributed by atoms with Crippen molar-refractivity contribution in [1.82, 2.24) is 5.32 Å². The van der Waals surface area contributed by atoms with Gasteiger partial charge < -0.3 is 10.1 Å². The fourth-order valence-corrected chi connectivity index (χ4v) is 5.27. The predicted molar refractivity (Wildman–Crippen MR) is 95.7 cm³/mol. The molecule has 154 valence electrons. The summed E-state index contributed by atoms with van der Waals surface area (Å²) in [5.74, 6) is -1.39. The average Bonchev–Trinajstić information content (AvgIpc) is 3.06. The molecule has 1 aliphatic heterocycles. The first-order valence-electron chi connectivity index (χ1n) is 8.20. The second-order valence-electron chi connectivity index (χ2n) is 6.10. The number of nitrogens with one attached hydrogen (secondary N) is 1. The number of urea groups is 1. The molecule has 0 radical (unpaired) electrons. The SMILES string of the molecule is COC(=O)C1(S(=O)(=O)c2ccccc2C(F)(F)F)CNC(=O)N1c1ccccc1. The van der Waals surface area contributed by atoms with Crippen molar-refractivity contribution in [2.75, 3.05) is 18.6 Å². The van der Waals surface area contributed by atoms with Gasteiger partial charge in [0.05, 0.1) is 24.1 Å². The summed E-state index contributed by atoms with van der Waals surface area (Å²) in [5.41, 5.74) is -1.45. The van der Waals surface area contributed by atoms with E-state index in [1.54, 1.807) is 6.07 Å². The Morgan fingerprint density at radius 2 is 1.69 bits per heavy atom. The largest absolute Gasteiger partial charge is 0.466 e. The molecule has 1 saturated heterocycles. The highest BCUT2D eigenvalue weighted by Gasteiger charge is 2.64. The number of carbonyl (C=O) groups excluding carboxylic acids is 2. The van der Waals surface area contributed by atoms with Crippen molar-refractivity contribution in [3.63, 3.8) is 0 Å². The Morgan fingerprint density at radius 1 is 1.10 bits per heavy atom. The number of ether oxygens (including phenoxy) is 1. The van der Waals surface area contributed by atoms with Crippen molar-refractivity contribution in [3.8, 4) is 0 Å². The van der Waals surface area contributed by atoms with Crippen LogP contribution >= 0.6 is 0 Å². The Balaban J connectivity index is 2.34. The number of rotatable bonds is 4. The zero-order valence-electron chi connectivity index (χ0n) is 14.9. The van der Waals surface area contributed by atoms with Crippen molar-refractivity contribution in [3.05, 3.63) is 60.2 Å². The number of methoxy groups -OCH3 is 1. The van der Waals surface area contributed by atoms with Gasteiger partial charge in [0.25, 0.3) is 4.87 Å². The van der Waals surface area contributed by atoms with Gasteiger partial charge in [-0.05, 0) is 24.3 Å². The zero-order valence-corrected chi connectivity index (χ0v) is 15.8. The van der Waals surface area contributed by atoms with Crippen LogP contribution in [0, 0.1) is 0 Å². The minimum atomic E-state index is -5.11. The smallest absolute Gasteiger partial charge is 0.417 e. The van der Waals surface area contributed by atoms with Gasteiger partial charge in [-0.2, -0.15) is 13.2 Å². The van der Waals surface area contributed by atoms with E-state index in [1.807, 2.05) is 0 Å². The maximum atomic E-state index is 13.5. The number of sulfone groups is 1. The molecule has 1 aliphatic rings. The molecule has 2 aromatic carbocycles. The number of benzene rings is 2. The van der Waals surface area contributed by atoms with Crippen LogP contribution in [0.1, 0.15) is 5.56 Å². The second kappa shape index (κ2) is 7.07. The molecular weight excluding hydrogens is 413 g/mol. The molecule has 7 nitrogen and oxygen atoms in total. The first kappa shape index (κ1) is 20.6. The molecule has 0 saturated carbocycles. The number of halogens is 3. The molecule has 0 bridgehead atoms. The number of hydrogen-bond donors (Lipinski definition) is 1. The van der Waals surface area contributed by atoms with Crippen LogP contribution in [0.2, 0.25) is 0 Å². The fourth-order valence-electron chi connectivity index (χ4n) is 3.19. The van der Waals surface area contributed by atoms with Gasteiger partial charge in [0.2, 0.25) is 9.84 Å². The number of alkyl halides is 3. The van der Waals surface area contributed by atoms with Gasteiger partial charge in [-0.25, -0.2) is 18.0 Å². The van der Waals surface area contributed by atoms with E-state index in [9.17, 15) is 31.2 Å². The highest BCUT2D eigenvalue weighted by molar-refractivity contribution is 7.94. The summed E-state index contributed by atoms with van der Waals surface area (Å²) in [7, 11) is -4.22. The molecule has 1 heterocycles. The van der Waals surface area contributed by atoms with E-state index >= 15 is 0 Å². The van der Waals surface area contributed by atoms with Crippen molar-refractivity contribution in [2.45, 2.75) is 15.9 Å².